The fraction of sp³-hybridized carbons (Fsp3) is 0.478. The third kappa shape index (κ3) is 7.57. The molecular weight excluding hydrogens is 598 g/mol. The van der Waals surface area contributed by atoms with Gasteiger partial charge in [-0.3, -0.25) is 9.59 Å². The average molecular weight is 626 g/mol. The first-order chi connectivity index (χ1) is 18.5. The zero-order chi connectivity index (χ0) is 30.5. The monoisotopic (exact) mass is 625 g/mol. The van der Waals surface area contributed by atoms with Gasteiger partial charge in [-0.25, -0.2) is 13.8 Å². The number of hydrogen-bond acceptors (Lipinski definition) is 9. The lowest BCUT2D eigenvalue weighted by atomic mass is 9.93. The molecule has 3 aromatic rings. The van der Waals surface area contributed by atoms with Gasteiger partial charge in [-0.15, -0.1) is 26.9 Å². The number of carbonyl (C=O) groups excluding carboxylic acids is 1. The molecule has 0 fully saturated rings. The molecule has 0 spiro atoms. The third-order valence-electron chi connectivity index (χ3n) is 5.22. The second-order valence-electron chi connectivity index (χ2n) is 9.17. The Morgan fingerprint density at radius 1 is 1.23 bits per heavy atom. The number of rotatable bonds is 7. The number of nitrogen functional groups attached to an aromatic ring is 1. The topological polar surface area (TPSA) is 140 Å². The van der Waals surface area contributed by atoms with Gasteiger partial charge in [0.25, 0.3) is 5.56 Å². The lowest BCUT2D eigenvalue weighted by Crippen LogP contribution is -2.37. The molecule has 2 N–H and O–H groups in total. The maximum absolute atomic E-state index is 14.2. The number of nitrogens with zero attached hydrogens (tertiary/aromatic N) is 6. The van der Waals surface area contributed by atoms with E-state index >= 15 is 0 Å². The average Bonchev–Trinajstić information content (AvgIpc) is 3.15. The first kappa shape index (κ1) is 33.2. The lowest BCUT2D eigenvalue weighted by molar-refractivity contribution is -0.142. The van der Waals surface area contributed by atoms with Gasteiger partial charge in [-0.2, -0.15) is 18.1 Å². The summed E-state index contributed by atoms with van der Waals surface area (Å²) in [6.07, 6.45) is 1.68. The van der Waals surface area contributed by atoms with Gasteiger partial charge in [0, 0.05) is 16.9 Å². The van der Waals surface area contributed by atoms with Crippen molar-refractivity contribution in [2.75, 3.05) is 18.7 Å². The molecule has 17 heteroatoms. The van der Waals surface area contributed by atoms with Crippen molar-refractivity contribution in [3.05, 3.63) is 60.9 Å². The number of hydrogen-bond donors (Lipinski definition) is 1. The summed E-state index contributed by atoms with van der Waals surface area (Å²) < 4.78 is 46.5. The quantitative estimate of drug-likeness (QED) is 0.180. The minimum absolute atomic E-state index is 0.0424. The van der Waals surface area contributed by atoms with Gasteiger partial charge < -0.3 is 10.6 Å². The van der Waals surface area contributed by atoms with Gasteiger partial charge in [0.05, 0.1) is 6.61 Å². The van der Waals surface area contributed by atoms with Crippen molar-refractivity contribution in [1.29, 1.82) is 0 Å². The highest BCUT2D eigenvalue weighted by atomic mass is 35.5. The second kappa shape index (κ2) is 13.5. The van der Waals surface area contributed by atoms with Crippen LogP contribution < -0.4 is 17.1 Å². The van der Waals surface area contributed by atoms with E-state index in [2.05, 4.69) is 15.3 Å². The van der Waals surface area contributed by atoms with Gasteiger partial charge in [-0.1, -0.05) is 44.1 Å². The smallest absolute Gasteiger partial charge is 0.355 e. The number of aryl methyl sites for hydroxylation is 1. The molecule has 0 radical (unpaired) electrons. The Morgan fingerprint density at radius 2 is 1.85 bits per heavy atom. The van der Waals surface area contributed by atoms with Crippen molar-refractivity contribution in [3.8, 4) is 5.69 Å². The Hall–Kier alpha value is -3.04. The predicted molar refractivity (Wildman–Crippen MR) is 146 cm³/mol. The van der Waals surface area contributed by atoms with E-state index in [1.165, 1.54) is 18.7 Å². The zero-order valence-electron chi connectivity index (χ0n) is 22.4. The number of nitrogens with two attached hydrogens (primary N) is 1. The van der Waals surface area contributed by atoms with E-state index in [0.29, 0.717) is 15.5 Å². The van der Waals surface area contributed by atoms with E-state index in [9.17, 15) is 27.6 Å². The summed E-state index contributed by atoms with van der Waals surface area (Å²) in [5.74, 6) is 3.65. The molecule has 0 amide bonds. The van der Waals surface area contributed by atoms with Crippen LogP contribution in [0.1, 0.15) is 51.3 Å². The van der Waals surface area contributed by atoms with Crippen LogP contribution in [0.15, 0.2) is 26.9 Å². The molecule has 0 aliphatic rings. The van der Waals surface area contributed by atoms with E-state index in [1.54, 1.807) is 13.2 Å². The number of halogens is 5. The fourth-order valence-electron chi connectivity index (χ4n) is 3.26. The Kier molecular flexibility index (Phi) is 11.2. The van der Waals surface area contributed by atoms with Gasteiger partial charge in [0.2, 0.25) is 5.16 Å². The van der Waals surface area contributed by atoms with Crippen molar-refractivity contribution >= 4 is 40.9 Å². The van der Waals surface area contributed by atoms with E-state index in [0.717, 1.165) is 16.8 Å². The first-order valence-electron chi connectivity index (χ1n) is 11.6. The second-order valence-corrected chi connectivity index (χ2v) is 10.9. The zero-order valence-corrected chi connectivity index (χ0v) is 24.7. The van der Waals surface area contributed by atoms with Crippen LogP contribution in [-0.2, 0) is 21.4 Å². The molecule has 1 unspecified atom stereocenters. The van der Waals surface area contributed by atoms with Crippen LogP contribution in [0.4, 0.5) is 13.2 Å². The van der Waals surface area contributed by atoms with Crippen molar-refractivity contribution < 1.29 is 22.7 Å². The molecule has 0 saturated carbocycles. The molecule has 0 saturated heterocycles. The largest absolute Gasteiger partial charge is 0.465 e. The number of carbonyl (C=O) groups is 1. The lowest BCUT2D eigenvalue weighted by Gasteiger charge is -2.16. The standard InChI is InChI=1S/C15H14Cl2F3N3O3.C8H14N4OS/c1-3-26-13(24)10(17)4-8-5-12(11(18)6-9(8)16)23-15(25)22(14(19)20)7(2)21-23;1-8(2,3)5-6(13)12(9)7(14-4)11-10-5/h5-6,10,14H,3-4H2,1-2H3;9H2,1-4H3. The first-order valence-corrected chi connectivity index (χ1v) is 13.6. The summed E-state index contributed by atoms with van der Waals surface area (Å²) in [5, 5.41) is 10.7. The molecule has 3 rings (SSSR count). The number of aromatic nitrogens is 6. The minimum Gasteiger partial charge on any atom is -0.465 e. The maximum atomic E-state index is 14.2. The van der Waals surface area contributed by atoms with Crippen LogP contribution in [0.25, 0.3) is 5.69 Å². The summed E-state index contributed by atoms with van der Waals surface area (Å²) in [5.41, 5.74) is -1.59. The molecule has 220 valence electrons. The number of thioether (sulfide) groups is 1. The normalized spacial score (nSPS) is 12.2. The van der Waals surface area contributed by atoms with Gasteiger partial charge in [0.1, 0.15) is 22.6 Å². The molecular formula is C23H28Cl2F3N7O4S. The van der Waals surface area contributed by atoms with Gasteiger partial charge in [0.15, 0.2) is 5.82 Å². The molecule has 2 heterocycles. The summed E-state index contributed by atoms with van der Waals surface area (Å²) in [6, 6.07) is 2.03. The van der Waals surface area contributed by atoms with Crippen molar-refractivity contribution in [3.63, 3.8) is 0 Å². The van der Waals surface area contributed by atoms with E-state index < -0.39 is 29.4 Å². The Morgan fingerprint density at radius 3 is 2.35 bits per heavy atom. The van der Waals surface area contributed by atoms with Crippen LogP contribution in [0.3, 0.4) is 0 Å². The van der Waals surface area contributed by atoms with Crippen molar-refractivity contribution in [2.45, 2.75) is 63.5 Å². The van der Waals surface area contributed by atoms with Crippen LogP contribution in [0.2, 0.25) is 5.02 Å². The van der Waals surface area contributed by atoms with Gasteiger partial charge in [-0.05, 0) is 37.8 Å². The van der Waals surface area contributed by atoms with E-state index in [1.807, 2.05) is 20.8 Å². The number of benzene rings is 1. The summed E-state index contributed by atoms with van der Waals surface area (Å²) in [6.45, 7) is 5.50. The number of ether oxygens (including phenoxy) is 1. The minimum atomic E-state index is -3.12. The molecule has 1 atom stereocenters. The molecule has 2 aromatic heterocycles. The van der Waals surface area contributed by atoms with Crippen LogP contribution in [0, 0.1) is 12.7 Å². The molecule has 11 nitrogen and oxygen atoms in total. The maximum Gasteiger partial charge on any atom is 0.355 e. The molecule has 1 aromatic carbocycles. The Balaban J connectivity index is 0.000000337. The molecule has 0 aliphatic heterocycles. The SMILES string of the molecule is CCOC(=O)C(Cl)Cc1cc(-n2nc(C)n(C(F)F)c2=O)c(F)cc1Cl.CSc1nnc(C(C)(C)C)c(=O)n1N. The summed E-state index contributed by atoms with van der Waals surface area (Å²) in [7, 11) is 0. The van der Waals surface area contributed by atoms with Crippen molar-refractivity contribution in [1.82, 2.24) is 29.2 Å². The van der Waals surface area contributed by atoms with Crippen molar-refractivity contribution in [2.24, 2.45) is 0 Å². The fourth-order valence-corrected chi connectivity index (χ4v) is 4.12. The summed E-state index contributed by atoms with van der Waals surface area (Å²) in [4.78, 5) is 35.4. The molecule has 0 aliphatic carbocycles. The van der Waals surface area contributed by atoms with Crippen LogP contribution >= 0.6 is 35.0 Å². The Labute approximate surface area is 241 Å². The molecule has 40 heavy (non-hydrogen) atoms. The van der Waals surface area contributed by atoms with Gasteiger partial charge >= 0.3 is 18.2 Å². The number of alkyl halides is 3. The van der Waals surface area contributed by atoms with E-state index in [-0.39, 0.29) is 50.7 Å². The highest BCUT2D eigenvalue weighted by molar-refractivity contribution is 7.98. The highest BCUT2D eigenvalue weighted by Gasteiger charge is 2.24. The van der Waals surface area contributed by atoms with Crippen LogP contribution in [0.5, 0.6) is 0 Å². The molecule has 0 bridgehead atoms. The summed E-state index contributed by atoms with van der Waals surface area (Å²) >= 11 is 13.2. The third-order valence-corrected chi connectivity index (χ3v) is 6.55. The van der Waals surface area contributed by atoms with E-state index in [4.69, 9.17) is 33.8 Å². The highest BCUT2D eigenvalue weighted by Crippen LogP contribution is 2.25. The van der Waals surface area contributed by atoms with Crippen LogP contribution in [-0.4, -0.2) is 53.4 Å². The Bertz CT molecular complexity index is 1490. The predicted octanol–water partition coefficient (Wildman–Crippen LogP) is 3.61. The number of esters is 1.